The summed E-state index contributed by atoms with van der Waals surface area (Å²) in [4.78, 5) is 79.6. The summed E-state index contributed by atoms with van der Waals surface area (Å²) in [5.74, 6) is -1.34. The first kappa shape index (κ1) is 30.3. The molecular formula is C44H20N6O4S2. The van der Waals surface area contributed by atoms with Crippen LogP contribution in [0.1, 0.15) is 41.4 Å². The van der Waals surface area contributed by atoms with Crippen molar-refractivity contribution in [1.82, 2.24) is 29.7 Å². The molecule has 0 bridgehead atoms. The quantitative estimate of drug-likeness (QED) is 0.126. The van der Waals surface area contributed by atoms with Crippen LogP contribution in [0.5, 0.6) is 0 Å². The molecule has 0 spiro atoms. The molecule has 6 heterocycles. The van der Waals surface area contributed by atoms with E-state index >= 15 is 0 Å². The minimum atomic E-state index is -0.336. The Morgan fingerprint density at radius 1 is 0.393 bits per heavy atom. The maximum Gasteiger partial charge on any atom is 0.261 e. The van der Waals surface area contributed by atoms with E-state index in [1.54, 1.807) is 46.9 Å². The Morgan fingerprint density at radius 3 is 0.929 bits per heavy atom. The summed E-state index contributed by atoms with van der Waals surface area (Å²) in [7, 11) is 3.02. The van der Waals surface area contributed by atoms with E-state index in [-0.39, 0.29) is 23.6 Å². The number of carbonyl (C=O) groups is 4. The van der Waals surface area contributed by atoms with E-state index in [4.69, 9.17) is 19.9 Å². The smallest absolute Gasteiger partial charge is 0.261 e. The molecule has 4 amide bonds. The van der Waals surface area contributed by atoms with Gasteiger partial charge in [0.05, 0.1) is 22.8 Å². The van der Waals surface area contributed by atoms with E-state index < -0.39 is 0 Å². The van der Waals surface area contributed by atoms with Crippen molar-refractivity contribution < 1.29 is 19.2 Å². The van der Waals surface area contributed by atoms with Gasteiger partial charge in [-0.1, -0.05) is 36.4 Å². The molecule has 0 saturated carbocycles. The highest BCUT2D eigenvalue weighted by Gasteiger charge is 2.38. The summed E-state index contributed by atoms with van der Waals surface area (Å²) in [5, 5.41) is 6.91. The summed E-state index contributed by atoms with van der Waals surface area (Å²) < 4.78 is 0. The molecule has 13 rings (SSSR count). The van der Waals surface area contributed by atoms with E-state index in [2.05, 4.69) is 12.1 Å². The maximum atomic E-state index is 13.4. The Balaban J connectivity index is 1.17. The van der Waals surface area contributed by atoms with Crippen molar-refractivity contribution in [2.75, 3.05) is 14.1 Å². The van der Waals surface area contributed by atoms with Crippen LogP contribution in [0.15, 0.2) is 83.6 Å². The SMILES string of the molecule is CN1C(=O)c2ccc3c4c(ccc(c24)C1=O)-c1nc2c(-c4cccs4)c4nc5c(nc4c(-c4cccs4)c2nc1-3)-c1ccc2c3c(ccc-5c13)C(=O)N(C)C2=O. The van der Waals surface area contributed by atoms with E-state index in [0.717, 1.165) is 53.9 Å². The van der Waals surface area contributed by atoms with Crippen molar-refractivity contribution in [1.29, 1.82) is 0 Å². The maximum absolute atomic E-state index is 13.4. The Labute approximate surface area is 323 Å². The largest absolute Gasteiger partial charge is 0.277 e. The first-order valence-electron chi connectivity index (χ1n) is 17.8. The van der Waals surface area contributed by atoms with Crippen LogP contribution >= 0.6 is 22.7 Å². The number of imide groups is 2. The molecule has 2 aliphatic heterocycles. The average Bonchev–Trinajstić information content (AvgIpc) is 4.05. The Bertz CT molecular complexity index is 3070. The topological polar surface area (TPSA) is 126 Å². The van der Waals surface area contributed by atoms with Crippen molar-refractivity contribution in [3.05, 3.63) is 106 Å². The third-order valence-electron chi connectivity index (χ3n) is 11.8. The number of thiophene rings is 2. The molecule has 0 radical (unpaired) electrons. The summed E-state index contributed by atoms with van der Waals surface area (Å²) in [6.07, 6.45) is 0. The predicted octanol–water partition coefficient (Wildman–Crippen LogP) is 9.08. The van der Waals surface area contributed by atoms with Gasteiger partial charge in [-0.2, -0.15) is 0 Å². The van der Waals surface area contributed by atoms with Gasteiger partial charge in [0.2, 0.25) is 0 Å². The van der Waals surface area contributed by atoms with Crippen LogP contribution in [0.25, 0.3) is 110 Å². The zero-order valence-electron chi connectivity index (χ0n) is 29.2. The van der Waals surface area contributed by atoms with Crippen LogP contribution in [0.4, 0.5) is 0 Å². The molecule has 0 N–H and O–H groups in total. The number of nitrogens with zero attached hydrogens (tertiary/aromatic N) is 6. The third-order valence-corrected chi connectivity index (χ3v) is 13.5. The number of benzene rings is 5. The molecule has 0 atom stereocenters. The zero-order chi connectivity index (χ0) is 37.5. The minimum absolute atomic E-state index is 0.336. The van der Waals surface area contributed by atoms with E-state index in [0.29, 0.717) is 77.9 Å². The first-order valence-corrected chi connectivity index (χ1v) is 19.6. The lowest BCUT2D eigenvalue weighted by atomic mass is 9.91. The van der Waals surface area contributed by atoms with Crippen LogP contribution in [0.3, 0.4) is 0 Å². The molecule has 2 aliphatic carbocycles. The monoisotopic (exact) mass is 760 g/mol. The van der Waals surface area contributed by atoms with Crippen LogP contribution in [-0.4, -0.2) is 67.5 Å². The second-order valence-electron chi connectivity index (χ2n) is 14.4. The second kappa shape index (κ2) is 9.99. The molecule has 12 heteroatoms. The van der Waals surface area contributed by atoms with Crippen molar-refractivity contribution in [2.24, 2.45) is 0 Å². The summed E-state index contributed by atoms with van der Waals surface area (Å²) in [5.41, 5.74) is 12.1. The molecule has 9 aromatic rings. The highest BCUT2D eigenvalue weighted by Crippen LogP contribution is 2.54. The van der Waals surface area contributed by atoms with Crippen LogP contribution in [-0.2, 0) is 0 Å². The van der Waals surface area contributed by atoms with Gasteiger partial charge in [0, 0.05) is 101 Å². The van der Waals surface area contributed by atoms with Crippen LogP contribution in [0, 0.1) is 0 Å². The lowest BCUT2D eigenvalue weighted by Gasteiger charge is -2.24. The van der Waals surface area contributed by atoms with E-state index in [1.807, 2.05) is 47.2 Å². The molecule has 4 aromatic heterocycles. The standard InChI is InChI=1S/C44H20N6O4S2/c1-49-41(51)21-11-7-17-27-18(8-12-22(29(21)27)42(49)52)34-33(17)45-37-31(25-5-3-15-55-25)39-40(32(38(37)46-34)26-6-4-16-56-26)48-36-20-10-14-24-30-23(43(53)50(2)44(24)54)13-9-19(28(20)30)35(36)47-39/h3-16H,1-2H3. The van der Waals surface area contributed by atoms with Crippen molar-refractivity contribution in [2.45, 2.75) is 0 Å². The van der Waals surface area contributed by atoms with Gasteiger partial charge in [-0.05, 0) is 47.2 Å². The Morgan fingerprint density at radius 2 is 0.661 bits per heavy atom. The van der Waals surface area contributed by atoms with Crippen LogP contribution < -0.4 is 0 Å². The minimum Gasteiger partial charge on any atom is -0.277 e. The van der Waals surface area contributed by atoms with Gasteiger partial charge in [-0.25, -0.2) is 19.9 Å². The molecule has 0 fully saturated rings. The van der Waals surface area contributed by atoms with E-state index in [9.17, 15) is 19.2 Å². The third kappa shape index (κ3) is 3.40. The number of aromatic nitrogens is 4. The first-order chi connectivity index (χ1) is 27.3. The summed E-state index contributed by atoms with van der Waals surface area (Å²) >= 11 is 3.15. The molecule has 5 aromatic carbocycles. The van der Waals surface area contributed by atoms with Gasteiger partial charge in [0.15, 0.2) is 0 Å². The predicted molar refractivity (Wildman–Crippen MR) is 216 cm³/mol. The van der Waals surface area contributed by atoms with Gasteiger partial charge in [0.1, 0.15) is 22.1 Å². The number of fused-ring (bicyclic) bond motifs is 8. The highest BCUT2D eigenvalue weighted by atomic mass is 32.1. The van der Waals surface area contributed by atoms with Gasteiger partial charge < -0.3 is 0 Å². The highest BCUT2D eigenvalue weighted by molar-refractivity contribution is 7.14. The molecule has 0 saturated heterocycles. The second-order valence-corrected chi connectivity index (χ2v) is 16.3. The number of hydrogen-bond acceptors (Lipinski definition) is 10. The van der Waals surface area contributed by atoms with Crippen molar-refractivity contribution in [3.63, 3.8) is 0 Å². The number of hydrogen-bond donors (Lipinski definition) is 0. The number of amides is 4. The molecule has 4 aliphatic rings. The lowest BCUT2D eigenvalue weighted by molar-refractivity contribution is 0.0635. The van der Waals surface area contributed by atoms with Crippen molar-refractivity contribution in [3.8, 4) is 65.9 Å². The Kier molecular flexibility index (Phi) is 5.41. The van der Waals surface area contributed by atoms with Gasteiger partial charge >= 0.3 is 0 Å². The number of carbonyl (C=O) groups excluding carboxylic acids is 4. The zero-order valence-corrected chi connectivity index (χ0v) is 30.8. The lowest BCUT2D eigenvalue weighted by Crippen LogP contribution is -2.36. The fourth-order valence-corrected chi connectivity index (χ4v) is 10.8. The molecular weight excluding hydrogens is 741 g/mol. The normalized spacial score (nSPS) is 14.7. The van der Waals surface area contributed by atoms with Gasteiger partial charge in [-0.3, -0.25) is 29.0 Å². The molecule has 10 nitrogen and oxygen atoms in total. The van der Waals surface area contributed by atoms with E-state index in [1.165, 1.54) is 23.9 Å². The van der Waals surface area contributed by atoms with Gasteiger partial charge in [0.25, 0.3) is 23.6 Å². The van der Waals surface area contributed by atoms with Crippen molar-refractivity contribution >= 4 is 89.9 Å². The summed E-state index contributed by atoms with van der Waals surface area (Å²) in [6, 6.07) is 22.9. The van der Waals surface area contributed by atoms with Gasteiger partial charge in [-0.15, -0.1) is 22.7 Å². The molecule has 56 heavy (non-hydrogen) atoms. The molecule has 262 valence electrons. The summed E-state index contributed by atoms with van der Waals surface area (Å²) in [6.45, 7) is 0. The fraction of sp³-hybridized carbons (Fsp3) is 0.0455. The average molecular weight is 761 g/mol. The number of rotatable bonds is 2. The Hall–Kier alpha value is -7.02. The van der Waals surface area contributed by atoms with Crippen LogP contribution in [0.2, 0.25) is 0 Å². The fourth-order valence-electron chi connectivity index (χ4n) is 9.25. The molecule has 0 unspecified atom stereocenters.